The van der Waals surface area contributed by atoms with E-state index in [1.165, 1.54) is 105 Å². The molecule has 10 aromatic rings. The zero-order valence-electron chi connectivity index (χ0n) is 30.6. The Labute approximate surface area is 315 Å². The van der Waals surface area contributed by atoms with Crippen LogP contribution >= 0.6 is 0 Å². The van der Waals surface area contributed by atoms with Crippen molar-refractivity contribution in [3.63, 3.8) is 0 Å². The molecule has 11 rings (SSSR count). The van der Waals surface area contributed by atoms with E-state index < -0.39 is 0 Å². The van der Waals surface area contributed by atoms with E-state index in [1.807, 2.05) is 0 Å². The number of aryl methyl sites for hydroxylation is 1. The Morgan fingerprint density at radius 1 is 0.389 bits per heavy atom. The van der Waals surface area contributed by atoms with Gasteiger partial charge in [0.2, 0.25) is 0 Å². The Balaban J connectivity index is 1.08. The Hall–Kier alpha value is -6.64. The van der Waals surface area contributed by atoms with Crippen LogP contribution in [0.1, 0.15) is 30.5 Å². The summed E-state index contributed by atoms with van der Waals surface area (Å²) in [5, 5.41) is 5.05. The SMILES string of the molecule is Cc1cccc(-c2cccc(-n3c4ccccc4c4cc(-c5ccc6c(c5)c5ccccc5n6-c5cccc6c5C(C)(C)c5ccccc5-6)ccc43)c2)c1. The summed E-state index contributed by atoms with van der Waals surface area (Å²) in [6, 6.07) is 65.2. The van der Waals surface area contributed by atoms with Crippen LogP contribution < -0.4 is 0 Å². The Morgan fingerprint density at radius 3 is 1.65 bits per heavy atom. The van der Waals surface area contributed by atoms with Crippen LogP contribution in [0.3, 0.4) is 0 Å². The van der Waals surface area contributed by atoms with Gasteiger partial charge in [0, 0.05) is 32.6 Å². The molecular formula is C52H38N2. The van der Waals surface area contributed by atoms with E-state index in [-0.39, 0.29) is 5.41 Å². The van der Waals surface area contributed by atoms with E-state index in [0.29, 0.717) is 0 Å². The fourth-order valence-corrected chi connectivity index (χ4v) is 9.50. The van der Waals surface area contributed by atoms with E-state index in [1.54, 1.807) is 0 Å². The van der Waals surface area contributed by atoms with E-state index in [9.17, 15) is 0 Å². The molecule has 0 bridgehead atoms. The number of nitrogens with zero attached hydrogens (tertiary/aromatic N) is 2. The lowest BCUT2D eigenvalue weighted by atomic mass is 9.81. The molecule has 0 radical (unpaired) electrons. The molecule has 1 aliphatic carbocycles. The van der Waals surface area contributed by atoms with Gasteiger partial charge in [-0.25, -0.2) is 0 Å². The van der Waals surface area contributed by atoms with Crippen molar-refractivity contribution in [2.45, 2.75) is 26.2 Å². The maximum absolute atomic E-state index is 2.50. The molecular weight excluding hydrogens is 653 g/mol. The van der Waals surface area contributed by atoms with Crippen molar-refractivity contribution < 1.29 is 0 Å². The molecule has 1 aliphatic rings. The maximum atomic E-state index is 2.50. The topological polar surface area (TPSA) is 9.86 Å². The molecule has 0 amide bonds. The lowest BCUT2D eigenvalue weighted by Crippen LogP contribution is -2.17. The van der Waals surface area contributed by atoms with Gasteiger partial charge in [-0.05, 0) is 106 Å². The van der Waals surface area contributed by atoms with Crippen LogP contribution in [-0.4, -0.2) is 9.13 Å². The molecule has 2 aromatic heterocycles. The van der Waals surface area contributed by atoms with Gasteiger partial charge < -0.3 is 9.13 Å². The highest BCUT2D eigenvalue weighted by Crippen LogP contribution is 2.52. The van der Waals surface area contributed by atoms with Gasteiger partial charge in [-0.1, -0.05) is 141 Å². The molecule has 0 spiro atoms. The smallest absolute Gasteiger partial charge is 0.0541 e. The van der Waals surface area contributed by atoms with E-state index in [2.05, 4.69) is 206 Å². The fourth-order valence-electron chi connectivity index (χ4n) is 9.50. The summed E-state index contributed by atoms with van der Waals surface area (Å²) in [6.45, 7) is 6.91. The Bertz CT molecular complexity index is 3150. The van der Waals surface area contributed by atoms with Crippen molar-refractivity contribution in [2.75, 3.05) is 0 Å². The third-order valence-electron chi connectivity index (χ3n) is 11.9. The van der Waals surface area contributed by atoms with Crippen LogP contribution in [0.25, 0.3) is 88.4 Å². The van der Waals surface area contributed by atoms with Gasteiger partial charge in [-0.2, -0.15) is 0 Å². The highest BCUT2D eigenvalue weighted by molar-refractivity contribution is 6.13. The second-order valence-corrected chi connectivity index (χ2v) is 15.5. The van der Waals surface area contributed by atoms with Crippen LogP contribution in [0, 0.1) is 6.92 Å². The average molecular weight is 691 g/mol. The average Bonchev–Trinajstić information content (AvgIpc) is 3.81. The number of hydrogen-bond acceptors (Lipinski definition) is 0. The second kappa shape index (κ2) is 11.4. The van der Waals surface area contributed by atoms with Crippen LogP contribution in [0.2, 0.25) is 0 Å². The minimum atomic E-state index is -0.114. The predicted molar refractivity (Wildman–Crippen MR) is 228 cm³/mol. The molecule has 8 aromatic carbocycles. The molecule has 0 aliphatic heterocycles. The van der Waals surface area contributed by atoms with Gasteiger partial charge in [-0.3, -0.25) is 0 Å². The highest BCUT2D eigenvalue weighted by atomic mass is 15.0. The number of fused-ring (bicyclic) bond motifs is 9. The summed E-state index contributed by atoms with van der Waals surface area (Å²) in [5.74, 6) is 0. The van der Waals surface area contributed by atoms with Gasteiger partial charge in [0.05, 0.1) is 27.8 Å². The quantitative estimate of drug-likeness (QED) is 0.174. The molecule has 0 atom stereocenters. The first-order valence-corrected chi connectivity index (χ1v) is 18.9. The van der Waals surface area contributed by atoms with Gasteiger partial charge in [0.25, 0.3) is 0 Å². The zero-order chi connectivity index (χ0) is 36.1. The zero-order valence-corrected chi connectivity index (χ0v) is 30.6. The van der Waals surface area contributed by atoms with Crippen molar-refractivity contribution in [2.24, 2.45) is 0 Å². The molecule has 54 heavy (non-hydrogen) atoms. The largest absolute Gasteiger partial charge is 0.309 e. The molecule has 2 nitrogen and oxygen atoms in total. The summed E-state index contributed by atoms with van der Waals surface area (Å²) in [5.41, 5.74) is 18.8. The van der Waals surface area contributed by atoms with E-state index in [4.69, 9.17) is 0 Å². The number of rotatable bonds is 4. The van der Waals surface area contributed by atoms with E-state index >= 15 is 0 Å². The molecule has 0 saturated heterocycles. The van der Waals surface area contributed by atoms with Crippen molar-refractivity contribution in [1.29, 1.82) is 0 Å². The molecule has 0 unspecified atom stereocenters. The number of para-hydroxylation sites is 2. The van der Waals surface area contributed by atoms with E-state index in [0.717, 1.165) is 0 Å². The molecule has 256 valence electrons. The van der Waals surface area contributed by atoms with Crippen molar-refractivity contribution in [1.82, 2.24) is 9.13 Å². The normalized spacial score (nSPS) is 13.2. The predicted octanol–water partition coefficient (Wildman–Crippen LogP) is 13.8. The summed E-state index contributed by atoms with van der Waals surface area (Å²) in [4.78, 5) is 0. The summed E-state index contributed by atoms with van der Waals surface area (Å²) >= 11 is 0. The van der Waals surface area contributed by atoms with Gasteiger partial charge in [0.15, 0.2) is 0 Å². The molecule has 0 saturated carbocycles. The monoisotopic (exact) mass is 690 g/mol. The minimum absolute atomic E-state index is 0.114. The minimum Gasteiger partial charge on any atom is -0.309 e. The Morgan fingerprint density at radius 2 is 0.926 bits per heavy atom. The summed E-state index contributed by atoms with van der Waals surface area (Å²) < 4.78 is 4.92. The van der Waals surface area contributed by atoms with Crippen molar-refractivity contribution >= 4 is 43.6 Å². The lowest BCUT2D eigenvalue weighted by Gasteiger charge is -2.25. The van der Waals surface area contributed by atoms with Crippen molar-refractivity contribution in [3.8, 4) is 44.8 Å². The van der Waals surface area contributed by atoms with Crippen molar-refractivity contribution in [3.05, 3.63) is 193 Å². The summed E-state index contributed by atoms with van der Waals surface area (Å²) in [7, 11) is 0. The highest BCUT2D eigenvalue weighted by Gasteiger charge is 2.38. The molecule has 0 fully saturated rings. The first kappa shape index (κ1) is 30.9. The second-order valence-electron chi connectivity index (χ2n) is 15.5. The van der Waals surface area contributed by atoms with Gasteiger partial charge >= 0.3 is 0 Å². The number of hydrogen-bond donors (Lipinski definition) is 0. The molecule has 0 N–H and O–H groups in total. The number of aromatic nitrogens is 2. The summed E-state index contributed by atoms with van der Waals surface area (Å²) in [6.07, 6.45) is 0. The first-order valence-electron chi connectivity index (χ1n) is 18.9. The number of benzene rings is 8. The molecule has 2 heteroatoms. The van der Waals surface area contributed by atoms with Crippen LogP contribution in [0.15, 0.2) is 176 Å². The van der Waals surface area contributed by atoms with Crippen LogP contribution in [0.4, 0.5) is 0 Å². The fraction of sp³-hybridized carbons (Fsp3) is 0.0769. The van der Waals surface area contributed by atoms with Gasteiger partial charge in [-0.15, -0.1) is 0 Å². The maximum Gasteiger partial charge on any atom is 0.0541 e. The third-order valence-corrected chi connectivity index (χ3v) is 11.9. The van der Waals surface area contributed by atoms with Crippen LogP contribution in [0.5, 0.6) is 0 Å². The Kier molecular flexibility index (Phi) is 6.55. The standard InChI is InChI=1S/C52H38N2/c1-33-13-10-14-34(29-33)35-15-11-16-38(30-35)53-46-22-8-5-18-40(46)43-31-36(25-27-48(43)53)37-26-28-49-44(32-37)41-19-6-9-23-47(41)54(49)50-24-12-20-42-39-17-4-7-21-45(39)52(2,3)51(42)50/h4-32H,1-3H3. The first-order chi connectivity index (χ1) is 26.5. The lowest BCUT2D eigenvalue weighted by molar-refractivity contribution is 0.656. The van der Waals surface area contributed by atoms with Crippen LogP contribution in [-0.2, 0) is 5.41 Å². The third kappa shape index (κ3) is 4.40. The van der Waals surface area contributed by atoms with Gasteiger partial charge in [0.1, 0.15) is 0 Å². The molecule has 2 heterocycles.